The molecule has 0 radical (unpaired) electrons. The Morgan fingerprint density at radius 3 is 2.81 bits per heavy atom. The first-order valence-corrected chi connectivity index (χ1v) is 5.85. The average molecular weight is 242 g/mol. The third kappa shape index (κ3) is 2.28. The number of rotatable bonds is 2. The predicted molar refractivity (Wildman–Crippen MR) is 63.7 cm³/mol. The monoisotopic (exact) mass is 241 g/mol. The summed E-state index contributed by atoms with van der Waals surface area (Å²) in [4.78, 5) is 10.6. The fraction of sp³-hybridized carbons (Fsp3) is 0.636. The molecule has 1 aliphatic rings. The highest BCUT2D eigenvalue weighted by Gasteiger charge is 2.29. The molecule has 1 fully saturated rings. The lowest BCUT2D eigenvalue weighted by molar-refractivity contribution is 0.212. The maximum atomic E-state index is 9.22. The summed E-state index contributed by atoms with van der Waals surface area (Å²) in [5.41, 5.74) is 0. The van der Waals surface area contributed by atoms with E-state index in [2.05, 4.69) is 21.8 Å². The van der Waals surface area contributed by atoms with Crippen LogP contribution in [0.4, 0.5) is 5.82 Å². The first-order chi connectivity index (χ1) is 7.60. The Balaban J connectivity index is 2.19. The zero-order valence-corrected chi connectivity index (χ0v) is 10.3. The Labute approximate surface area is 100 Å². The minimum absolute atomic E-state index is 0.232. The number of hydrogen-bond donors (Lipinski definition) is 1. The van der Waals surface area contributed by atoms with E-state index in [0.717, 1.165) is 18.9 Å². The van der Waals surface area contributed by atoms with Crippen molar-refractivity contribution < 1.29 is 5.11 Å². The molecule has 1 aliphatic heterocycles. The summed E-state index contributed by atoms with van der Waals surface area (Å²) in [7, 11) is 0. The highest BCUT2D eigenvalue weighted by atomic mass is 35.5. The van der Waals surface area contributed by atoms with Crippen LogP contribution in [0.25, 0.3) is 0 Å². The Hall–Kier alpha value is -0.870. The van der Waals surface area contributed by atoms with E-state index in [1.54, 1.807) is 6.07 Å². The molecule has 5 heteroatoms. The first-order valence-electron chi connectivity index (χ1n) is 5.47. The SMILES string of the molecule is Cc1nc(Cl)cc(N2C[C@@H](CO)[C@@H](C)C2)n1. The van der Waals surface area contributed by atoms with Crippen LogP contribution in [-0.4, -0.2) is 34.8 Å². The number of halogens is 1. The summed E-state index contributed by atoms with van der Waals surface area (Å²) in [6.07, 6.45) is 0. The standard InChI is InChI=1S/C11H16ClN3O/c1-7-4-15(5-9(7)6-16)11-3-10(12)13-8(2)14-11/h3,7,9,16H,4-6H2,1-2H3/t7-,9-/m0/s1. The summed E-state index contributed by atoms with van der Waals surface area (Å²) in [5, 5.41) is 9.70. The van der Waals surface area contributed by atoms with Crippen LogP contribution < -0.4 is 4.90 Å². The van der Waals surface area contributed by atoms with Crippen LogP contribution in [-0.2, 0) is 0 Å². The van der Waals surface area contributed by atoms with Crippen molar-refractivity contribution in [2.75, 3.05) is 24.6 Å². The second kappa shape index (κ2) is 4.55. The normalized spacial score (nSPS) is 25.1. The number of anilines is 1. The van der Waals surface area contributed by atoms with Crippen LogP contribution in [0.15, 0.2) is 6.07 Å². The number of aliphatic hydroxyl groups excluding tert-OH is 1. The minimum atomic E-state index is 0.232. The van der Waals surface area contributed by atoms with Gasteiger partial charge in [-0.2, -0.15) is 0 Å². The van der Waals surface area contributed by atoms with Gasteiger partial charge in [-0.1, -0.05) is 18.5 Å². The molecule has 0 aliphatic carbocycles. The second-order valence-corrected chi connectivity index (χ2v) is 4.81. The number of nitrogens with zero attached hydrogens (tertiary/aromatic N) is 3. The lowest BCUT2D eigenvalue weighted by Crippen LogP contribution is -2.22. The molecular weight excluding hydrogens is 226 g/mol. The Bertz CT molecular complexity index is 365. The van der Waals surface area contributed by atoms with Crippen LogP contribution in [0.1, 0.15) is 12.7 Å². The fourth-order valence-electron chi connectivity index (χ4n) is 2.14. The van der Waals surface area contributed by atoms with Gasteiger partial charge in [0, 0.05) is 31.7 Å². The van der Waals surface area contributed by atoms with E-state index in [0.29, 0.717) is 22.8 Å². The molecule has 1 saturated heterocycles. The van der Waals surface area contributed by atoms with Gasteiger partial charge in [0.2, 0.25) is 0 Å². The molecule has 0 unspecified atom stereocenters. The topological polar surface area (TPSA) is 49.2 Å². The van der Waals surface area contributed by atoms with Crippen LogP contribution in [0.3, 0.4) is 0 Å². The van der Waals surface area contributed by atoms with Gasteiger partial charge >= 0.3 is 0 Å². The van der Waals surface area contributed by atoms with Gasteiger partial charge in [-0.3, -0.25) is 0 Å². The molecule has 0 spiro atoms. The third-order valence-electron chi connectivity index (χ3n) is 3.12. The number of hydrogen-bond acceptors (Lipinski definition) is 4. The predicted octanol–water partition coefficient (Wildman–Crippen LogP) is 1.50. The van der Waals surface area contributed by atoms with Crippen molar-refractivity contribution in [1.29, 1.82) is 0 Å². The van der Waals surface area contributed by atoms with Crippen molar-refractivity contribution in [2.24, 2.45) is 11.8 Å². The molecule has 4 nitrogen and oxygen atoms in total. The van der Waals surface area contributed by atoms with E-state index in [9.17, 15) is 5.11 Å². The average Bonchev–Trinajstić information content (AvgIpc) is 2.58. The molecule has 0 aromatic carbocycles. The molecule has 1 aromatic rings. The Morgan fingerprint density at radius 2 is 2.25 bits per heavy atom. The van der Waals surface area contributed by atoms with E-state index in [4.69, 9.17) is 11.6 Å². The van der Waals surface area contributed by atoms with E-state index >= 15 is 0 Å². The van der Waals surface area contributed by atoms with Gasteiger partial charge in [-0.15, -0.1) is 0 Å². The molecule has 16 heavy (non-hydrogen) atoms. The van der Waals surface area contributed by atoms with Gasteiger partial charge in [0.05, 0.1) is 0 Å². The van der Waals surface area contributed by atoms with E-state index in [1.165, 1.54) is 0 Å². The molecule has 0 amide bonds. The maximum Gasteiger partial charge on any atom is 0.134 e. The largest absolute Gasteiger partial charge is 0.396 e. The molecule has 1 N–H and O–H groups in total. The molecule has 2 rings (SSSR count). The van der Waals surface area contributed by atoms with Crippen molar-refractivity contribution >= 4 is 17.4 Å². The quantitative estimate of drug-likeness (QED) is 0.798. The van der Waals surface area contributed by atoms with Crippen LogP contribution in [0.5, 0.6) is 0 Å². The zero-order chi connectivity index (χ0) is 11.7. The highest BCUT2D eigenvalue weighted by Crippen LogP contribution is 2.27. The van der Waals surface area contributed by atoms with Crippen molar-refractivity contribution in [1.82, 2.24) is 9.97 Å². The maximum absolute atomic E-state index is 9.22. The van der Waals surface area contributed by atoms with Gasteiger partial charge in [0.25, 0.3) is 0 Å². The first kappa shape index (κ1) is 11.6. The van der Waals surface area contributed by atoms with E-state index in [-0.39, 0.29) is 6.61 Å². The molecule has 0 bridgehead atoms. The van der Waals surface area contributed by atoms with Crippen molar-refractivity contribution in [3.05, 3.63) is 17.0 Å². The lowest BCUT2D eigenvalue weighted by atomic mass is 10.00. The summed E-state index contributed by atoms with van der Waals surface area (Å²) in [6, 6.07) is 1.78. The lowest BCUT2D eigenvalue weighted by Gasteiger charge is -2.17. The smallest absolute Gasteiger partial charge is 0.134 e. The molecule has 1 aromatic heterocycles. The molecule has 0 saturated carbocycles. The van der Waals surface area contributed by atoms with Crippen LogP contribution in [0, 0.1) is 18.8 Å². The third-order valence-corrected chi connectivity index (χ3v) is 3.31. The van der Waals surface area contributed by atoms with Crippen LogP contribution in [0.2, 0.25) is 5.15 Å². The van der Waals surface area contributed by atoms with E-state index < -0.39 is 0 Å². The van der Waals surface area contributed by atoms with Crippen molar-refractivity contribution in [2.45, 2.75) is 13.8 Å². The summed E-state index contributed by atoms with van der Waals surface area (Å²) < 4.78 is 0. The van der Waals surface area contributed by atoms with E-state index in [1.807, 2.05) is 6.92 Å². The minimum Gasteiger partial charge on any atom is -0.396 e. The number of aliphatic hydroxyl groups is 1. The Morgan fingerprint density at radius 1 is 1.50 bits per heavy atom. The van der Waals surface area contributed by atoms with Crippen molar-refractivity contribution in [3.8, 4) is 0 Å². The summed E-state index contributed by atoms with van der Waals surface area (Å²) >= 11 is 5.91. The van der Waals surface area contributed by atoms with Gasteiger partial charge < -0.3 is 10.0 Å². The van der Waals surface area contributed by atoms with Gasteiger partial charge in [0.15, 0.2) is 0 Å². The highest BCUT2D eigenvalue weighted by molar-refractivity contribution is 6.29. The second-order valence-electron chi connectivity index (χ2n) is 4.42. The molecule has 2 atom stereocenters. The van der Waals surface area contributed by atoms with Gasteiger partial charge in [-0.25, -0.2) is 9.97 Å². The summed E-state index contributed by atoms with van der Waals surface area (Å²) in [5.74, 6) is 2.36. The summed E-state index contributed by atoms with van der Waals surface area (Å²) in [6.45, 7) is 5.97. The van der Waals surface area contributed by atoms with Gasteiger partial charge in [0.1, 0.15) is 16.8 Å². The number of aryl methyl sites for hydroxylation is 1. The molecule has 88 valence electrons. The van der Waals surface area contributed by atoms with Gasteiger partial charge in [-0.05, 0) is 12.8 Å². The Kier molecular flexibility index (Phi) is 3.30. The molecule has 2 heterocycles. The zero-order valence-electron chi connectivity index (χ0n) is 9.52. The molecular formula is C11H16ClN3O. The number of aromatic nitrogens is 2. The van der Waals surface area contributed by atoms with Crippen molar-refractivity contribution in [3.63, 3.8) is 0 Å². The van der Waals surface area contributed by atoms with Crippen LogP contribution >= 0.6 is 11.6 Å². The fourth-order valence-corrected chi connectivity index (χ4v) is 2.36.